The van der Waals surface area contributed by atoms with Crippen LogP contribution < -0.4 is 10.2 Å². The minimum Gasteiger partial charge on any atom is -0.447 e. The summed E-state index contributed by atoms with van der Waals surface area (Å²) < 4.78 is 55.4. The molecule has 0 radical (unpaired) electrons. The minimum atomic E-state index is -4.71. The Balaban J connectivity index is 2.09. The van der Waals surface area contributed by atoms with Crippen molar-refractivity contribution in [1.82, 2.24) is 5.32 Å². The molecular weight excluding hydrogens is 280 g/mol. The predicted molar refractivity (Wildman–Crippen MR) is 62.9 cm³/mol. The van der Waals surface area contributed by atoms with E-state index in [2.05, 4.69) is 5.32 Å². The molecule has 110 valence electrons. The summed E-state index contributed by atoms with van der Waals surface area (Å²) >= 11 is 0. The lowest BCUT2D eigenvalue weighted by Crippen LogP contribution is -2.38. The number of ether oxygens (including phenoxy) is 1. The Labute approximate surface area is 112 Å². The van der Waals surface area contributed by atoms with E-state index in [1.165, 1.54) is 6.07 Å². The fourth-order valence-electron chi connectivity index (χ4n) is 1.93. The molecule has 1 amide bonds. The fourth-order valence-corrected chi connectivity index (χ4v) is 1.93. The number of amides is 1. The maximum Gasteiger partial charge on any atom is 0.419 e. The van der Waals surface area contributed by atoms with Gasteiger partial charge >= 0.3 is 12.3 Å². The van der Waals surface area contributed by atoms with Gasteiger partial charge < -0.3 is 15.0 Å². The highest BCUT2D eigenvalue weighted by atomic mass is 19.4. The standard InChI is InChI=1S/C12H12F4N2O2/c1-18(5-7-6-20-11(19)17-7)8-2-3-9(10(13)4-8)12(14,15)16/h2-4,7H,5-6H2,1H3,(H,17,19)/t7-/m0/s1. The zero-order valence-electron chi connectivity index (χ0n) is 10.5. The van der Waals surface area contributed by atoms with E-state index >= 15 is 0 Å². The predicted octanol–water partition coefficient (Wildman–Crippen LogP) is 2.39. The average Bonchev–Trinajstić information content (AvgIpc) is 2.73. The second kappa shape index (κ2) is 5.18. The van der Waals surface area contributed by atoms with Gasteiger partial charge in [-0.3, -0.25) is 0 Å². The molecule has 1 aromatic rings. The number of cyclic esters (lactones) is 1. The Morgan fingerprint density at radius 3 is 2.65 bits per heavy atom. The number of rotatable bonds is 3. The molecule has 1 aliphatic heterocycles. The molecule has 1 fully saturated rings. The van der Waals surface area contributed by atoms with E-state index in [0.29, 0.717) is 12.6 Å². The van der Waals surface area contributed by atoms with Crippen molar-refractivity contribution >= 4 is 11.8 Å². The summed E-state index contributed by atoms with van der Waals surface area (Å²) in [6.45, 7) is 0.475. The molecule has 4 nitrogen and oxygen atoms in total. The van der Waals surface area contributed by atoms with Gasteiger partial charge in [0.25, 0.3) is 0 Å². The third-order valence-corrected chi connectivity index (χ3v) is 2.93. The number of benzene rings is 1. The molecule has 0 aromatic heterocycles. The summed E-state index contributed by atoms with van der Waals surface area (Å²) in [6, 6.07) is 2.42. The highest BCUT2D eigenvalue weighted by molar-refractivity contribution is 5.69. The van der Waals surface area contributed by atoms with Crippen molar-refractivity contribution in [2.75, 3.05) is 25.1 Å². The molecule has 0 saturated carbocycles. The van der Waals surface area contributed by atoms with Crippen LogP contribution in [0.4, 0.5) is 28.0 Å². The largest absolute Gasteiger partial charge is 0.447 e. The van der Waals surface area contributed by atoms with Crippen molar-refractivity contribution in [1.29, 1.82) is 0 Å². The second-order valence-corrected chi connectivity index (χ2v) is 4.48. The third kappa shape index (κ3) is 3.12. The molecule has 20 heavy (non-hydrogen) atoms. The van der Waals surface area contributed by atoms with Crippen molar-refractivity contribution in [2.24, 2.45) is 0 Å². The van der Waals surface area contributed by atoms with Gasteiger partial charge in [0.2, 0.25) is 0 Å². The van der Waals surface area contributed by atoms with Crippen LogP contribution in [0, 0.1) is 5.82 Å². The van der Waals surface area contributed by atoms with Gasteiger partial charge in [0.1, 0.15) is 12.4 Å². The van der Waals surface area contributed by atoms with Crippen LogP contribution in [-0.4, -0.2) is 32.3 Å². The molecule has 0 bridgehead atoms. The molecule has 0 unspecified atom stereocenters. The summed E-state index contributed by atoms with van der Waals surface area (Å²) in [5, 5.41) is 2.53. The zero-order valence-corrected chi connectivity index (χ0v) is 10.5. The number of anilines is 1. The first kappa shape index (κ1) is 14.4. The number of carbonyl (C=O) groups excluding carboxylic acids is 1. The number of hydrogen-bond acceptors (Lipinski definition) is 3. The molecular formula is C12H12F4N2O2. The van der Waals surface area contributed by atoms with Crippen LogP contribution in [0.2, 0.25) is 0 Å². The number of nitrogens with one attached hydrogen (secondary N) is 1. The molecule has 1 heterocycles. The lowest BCUT2D eigenvalue weighted by atomic mass is 10.1. The molecule has 2 rings (SSSR count). The molecule has 0 spiro atoms. The number of nitrogens with zero attached hydrogens (tertiary/aromatic N) is 1. The highest BCUT2D eigenvalue weighted by Crippen LogP contribution is 2.32. The normalized spacial score (nSPS) is 18.6. The highest BCUT2D eigenvalue weighted by Gasteiger charge is 2.34. The Morgan fingerprint density at radius 2 is 2.15 bits per heavy atom. The van der Waals surface area contributed by atoms with E-state index in [1.54, 1.807) is 11.9 Å². The topological polar surface area (TPSA) is 41.6 Å². The van der Waals surface area contributed by atoms with Crippen LogP contribution in [0.25, 0.3) is 0 Å². The summed E-state index contributed by atoms with van der Waals surface area (Å²) in [5.74, 6) is -1.33. The van der Waals surface area contributed by atoms with Gasteiger partial charge in [0, 0.05) is 19.3 Å². The summed E-state index contributed by atoms with van der Waals surface area (Å²) in [4.78, 5) is 12.4. The third-order valence-electron chi connectivity index (χ3n) is 2.93. The van der Waals surface area contributed by atoms with Crippen LogP contribution in [0.1, 0.15) is 5.56 Å². The molecule has 8 heteroatoms. The first-order chi connectivity index (χ1) is 9.27. The Bertz CT molecular complexity index is 519. The van der Waals surface area contributed by atoms with E-state index in [-0.39, 0.29) is 18.3 Å². The first-order valence-electron chi connectivity index (χ1n) is 5.78. The Morgan fingerprint density at radius 1 is 1.45 bits per heavy atom. The summed E-state index contributed by atoms with van der Waals surface area (Å²) in [6.07, 6.45) is -5.25. The van der Waals surface area contributed by atoms with Crippen molar-refractivity contribution in [3.8, 4) is 0 Å². The van der Waals surface area contributed by atoms with Gasteiger partial charge in [-0.15, -0.1) is 0 Å². The molecule has 1 saturated heterocycles. The number of alkyl halides is 3. The smallest absolute Gasteiger partial charge is 0.419 e. The van der Waals surface area contributed by atoms with Crippen LogP contribution >= 0.6 is 0 Å². The van der Waals surface area contributed by atoms with Crippen molar-refractivity contribution in [3.63, 3.8) is 0 Å². The van der Waals surface area contributed by atoms with Gasteiger partial charge in [-0.2, -0.15) is 13.2 Å². The number of alkyl carbamates (subject to hydrolysis) is 1. The van der Waals surface area contributed by atoms with Gasteiger partial charge in [0.05, 0.1) is 11.6 Å². The van der Waals surface area contributed by atoms with E-state index in [1.807, 2.05) is 0 Å². The second-order valence-electron chi connectivity index (χ2n) is 4.48. The Kier molecular flexibility index (Phi) is 3.74. The van der Waals surface area contributed by atoms with Crippen LogP contribution in [-0.2, 0) is 10.9 Å². The number of carbonyl (C=O) groups is 1. The summed E-state index contributed by atoms with van der Waals surface area (Å²) in [7, 11) is 1.59. The maximum absolute atomic E-state index is 13.4. The lowest BCUT2D eigenvalue weighted by molar-refractivity contribution is -0.139. The molecule has 1 atom stereocenters. The van der Waals surface area contributed by atoms with Crippen molar-refractivity contribution in [3.05, 3.63) is 29.6 Å². The number of halogens is 4. The number of hydrogen-bond donors (Lipinski definition) is 1. The van der Waals surface area contributed by atoms with Crippen molar-refractivity contribution < 1.29 is 27.1 Å². The fraction of sp³-hybridized carbons (Fsp3) is 0.417. The van der Waals surface area contributed by atoms with Crippen LogP contribution in [0.3, 0.4) is 0 Å². The van der Waals surface area contributed by atoms with E-state index in [9.17, 15) is 22.4 Å². The van der Waals surface area contributed by atoms with Gasteiger partial charge in [-0.05, 0) is 18.2 Å². The van der Waals surface area contributed by atoms with Gasteiger partial charge in [0.15, 0.2) is 0 Å². The summed E-state index contributed by atoms with van der Waals surface area (Å²) in [5.41, 5.74) is -1.01. The zero-order chi connectivity index (χ0) is 14.9. The SMILES string of the molecule is CN(C[C@H]1COC(=O)N1)c1ccc(C(F)(F)F)c(F)c1. The molecule has 1 aromatic carbocycles. The average molecular weight is 292 g/mol. The minimum absolute atomic E-state index is 0.173. The quantitative estimate of drug-likeness (QED) is 0.870. The van der Waals surface area contributed by atoms with Gasteiger partial charge in [-0.25, -0.2) is 9.18 Å². The van der Waals surface area contributed by atoms with E-state index in [0.717, 1.165) is 6.07 Å². The maximum atomic E-state index is 13.4. The molecule has 1 aliphatic rings. The van der Waals surface area contributed by atoms with Gasteiger partial charge in [-0.1, -0.05) is 0 Å². The number of likely N-dealkylation sites (N-methyl/N-ethyl adjacent to an activating group) is 1. The van der Waals surface area contributed by atoms with E-state index in [4.69, 9.17) is 4.74 Å². The van der Waals surface area contributed by atoms with E-state index < -0.39 is 23.7 Å². The monoisotopic (exact) mass is 292 g/mol. The molecule has 0 aliphatic carbocycles. The van der Waals surface area contributed by atoms with Crippen LogP contribution in [0.15, 0.2) is 18.2 Å². The first-order valence-corrected chi connectivity index (χ1v) is 5.78. The van der Waals surface area contributed by atoms with Crippen LogP contribution in [0.5, 0.6) is 0 Å². The lowest BCUT2D eigenvalue weighted by Gasteiger charge is -2.22. The van der Waals surface area contributed by atoms with Crippen molar-refractivity contribution in [2.45, 2.75) is 12.2 Å². The molecule has 1 N–H and O–H groups in total. The Hall–Kier alpha value is -1.99.